The Morgan fingerprint density at radius 1 is 0.375 bits per heavy atom. The van der Waals surface area contributed by atoms with E-state index >= 15 is 0 Å². The Kier molecular flexibility index (Phi) is 8.81. The SMILES string of the molecule is C1=CCC(c2cc(-c3ccccc3)c3ccc4ccc(-c5ccc(-c6cccc(-c7cc(-c8ccccc8)cc(-c8ccccc8)n7)c6)cc5)nc4c3n2)CC1. The Labute approximate surface area is 327 Å². The van der Waals surface area contributed by atoms with Crippen LogP contribution in [0.15, 0.2) is 194 Å². The molecule has 3 aromatic heterocycles. The van der Waals surface area contributed by atoms with Crippen LogP contribution in [-0.2, 0) is 0 Å². The van der Waals surface area contributed by atoms with Gasteiger partial charge in [0.15, 0.2) is 0 Å². The third kappa shape index (κ3) is 6.58. The summed E-state index contributed by atoms with van der Waals surface area (Å²) >= 11 is 0. The largest absolute Gasteiger partial charge is 0.250 e. The molecule has 1 aliphatic carbocycles. The number of pyridine rings is 3. The molecule has 0 radical (unpaired) electrons. The van der Waals surface area contributed by atoms with Crippen molar-refractivity contribution in [2.75, 3.05) is 0 Å². The summed E-state index contributed by atoms with van der Waals surface area (Å²) in [5, 5.41) is 2.24. The maximum atomic E-state index is 5.38. The molecule has 1 atom stereocenters. The van der Waals surface area contributed by atoms with Gasteiger partial charge in [0.2, 0.25) is 0 Å². The first-order chi connectivity index (χ1) is 27.7. The van der Waals surface area contributed by atoms with Gasteiger partial charge < -0.3 is 0 Å². The minimum Gasteiger partial charge on any atom is -0.250 e. The third-order valence-electron chi connectivity index (χ3n) is 11.1. The summed E-state index contributed by atoms with van der Waals surface area (Å²) in [7, 11) is 0. The normalized spacial score (nSPS) is 14.0. The summed E-state index contributed by atoms with van der Waals surface area (Å²) in [5.41, 5.74) is 16.2. The van der Waals surface area contributed by atoms with Crippen LogP contribution in [-0.4, -0.2) is 15.0 Å². The van der Waals surface area contributed by atoms with Crippen molar-refractivity contribution in [2.45, 2.75) is 25.2 Å². The molecule has 10 rings (SSSR count). The smallest absolute Gasteiger partial charge is 0.0974 e. The highest BCUT2D eigenvalue weighted by Gasteiger charge is 2.19. The van der Waals surface area contributed by atoms with Crippen LogP contribution >= 0.6 is 0 Å². The summed E-state index contributed by atoms with van der Waals surface area (Å²) < 4.78 is 0. The highest BCUT2D eigenvalue weighted by Crippen LogP contribution is 2.38. The number of aromatic nitrogens is 3. The number of hydrogen-bond donors (Lipinski definition) is 0. The number of fused-ring (bicyclic) bond motifs is 3. The minimum atomic E-state index is 0.408. The van der Waals surface area contributed by atoms with E-state index in [0.717, 1.165) is 97.2 Å². The van der Waals surface area contributed by atoms with E-state index in [9.17, 15) is 0 Å². The number of allylic oxidation sites excluding steroid dienone is 2. The first-order valence-electron chi connectivity index (χ1n) is 19.5. The van der Waals surface area contributed by atoms with E-state index in [1.165, 1.54) is 16.7 Å². The number of nitrogens with zero attached hydrogens (tertiary/aromatic N) is 3. The lowest BCUT2D eigenvalue weighted by Crippen LogP contribution is -2.05. The fourth-order valence-electron chi connectivity index (χ4n) is 8.10. The second-order valence-corrected chi connectivity index (χ2v) is 14.7. The lowest BCUT2D eigenvalue weighted by atomic mass is 9.88. The highest BCUT2D eigenvalue weighted by molar-refractivity contribution is 6.08. The average molecular weight is 718 g/mol. The highest BCUT2D eigenvalue weighted by atomic mass is 14.8. The average Bonchev–Trinajstić information content (AvgIpc) is 3.29. The van der Waals surface area contributed by atoms with E-state index in [0.29, 0.717) is 5.92 Å². The van der Waals surface area contributed by atoms with Crippen molar-refractivity contribution < 1.29 is 0 Å². The van der Waals surface area contributed by atoms with Crippen molar-refractivity contribution in [1.29, 1.82) is 0 Å². The molecule has 0 spiro atoms. The Balaban J connectivity index is 1.01. The molecular formula is C53H39N3. The second kappa shape index (κ2) is 14.7. The molecule has 3 heterocycles. The zero-order valence-electron chi connectivity index (χ0n) is 31.0. The van der Waals surface area contributed by atoms with E-state index < -0.39 is 0 Å². The minimum absolute atomic E-state index is 0.408. The van der Waals surface area contributed by atoms with E-state index in [-0.39, 0.29) is 0 Å². The Bertz CT molecular complexity index is 2800. The predicted molar refractivity (Wildman–Crippen MR) is 233 cm³/mol. The molecule has 6 aromatic carbocycles. The van der Waals surface area contributed by atoms with Gasteiger partial charge in [-0.05, 0) is 83.0 Å². The van der Waals surface area contributed by atoms with E-state index in [1.54, 1.807) is 0 Å². The van der Waals surface area contributed by atoms with Crippen molar-refractivity contribution in [3.8, 4) is 67.2 Å². The second-order valence-electron chi connectivity index (χ2n) is 14.7. The third-order valence-corrected chi connectivity index (χ3v) is 11.1. The number of benzene rings is 6. The molecule has 0 N–H and O–H groups in total. The molecule has 0 fully saturated rings. The molecule has 3 nitrogen and oxygen atoms in total. The lowest BCUT2D eigenvalue weighted by Gasteiger charge is -2.20. The molecule has 0 saturated heterocycles. The van der Waals surface area contributed by atoms with Gasteiger partial charge in [-0.3, -0.25) is 4.98 Å². The van der Waals surface area contributed by atoms with Crippen LogP contribution in [0.4, 0.5) is 0 Å². The van der Waals surface area contributed by atoms with Gasteiger partial charge in [-0.25, -0.2) is 9.97 Å². The summed E-state index contributed by atoms with van der Waals surface area (Å²) in [4.78, 5) is 15.9. The maximum Gasteiger partial charge on any atom is 0.0974 e. The molecule has 9 aromatic rings. The van der Waals surface area contributed by atoms with Crippen molar-refractivity contribution in [2.24, 2.45) is 0 Å². The van der Waals surface area contributed by atoms with Gasteiger partial charge in [0.05, 0.1) is 28.1 Å². The van der Waals surface area contributed by atoms with Crippen LogP contribution in [0.25, 0.3) is 89.0 Å². The predicted octanol–water partition coefficient (Wildman–Crippen LogP) is 14.0. The molecule has 3 heteroatoms. The summed E-state index contributed by atoms with van der Waals surface area (Å²) in [6, 6.07) is 64.6. The van der Waals surface area contributed by atoms with Crippen LogP contribution in [0.1, 0.15) is 30.9 Å². The fourth-order valence-corrected chi connectivity index (χ4v) is 8.10. The fraction of sp³-hybridized carbons (Fsp3) is 0.0755. The van der Waals surface area contributed by atoms with Gasteiger partial charge in [-0.15, -0.1) is 0 Å². The number of rotatable bonds is 7. The Morgan fingerprint density at radius 3 is 1.71 bits per heavy atom. The summed E-state index contributed by atoms with van der Waals surface area (Å²) in [6.07, 6.45) is 7.84. The van der Waals surface area contributed by atoms with Crippen LogP contribution in [0, 0.1) is 0 Å². The van der Waals surface area contributed by atoms with Gasteiger partial charge in [-0.1, -0.05) is 164 Å². The van der Waals surface area contributed by atoms with Gasteiger partial charge >= 0.3 is 0 Å². The molecule has 0 amide bonds. The van der Waals surface area contributed by atoms with Crippen LogP contribution in [0.3, 0.4) is 0 Å². The lowest BCUT2D eigenvalue weighted by molar-refractivity contribution is 0.603. The number of hydrogen-bond acceptors (Lipinski definition) is 3. The van der Waals surface area contributed by atoms with Crippen LogP contribution < -0.4 is 0 Å². The Morgan fingerprint density at radius 2 is 0.982 bits per heavy atom. The van der Waals surface area contributed by atoms with E-state index in [2.05, 4.69) is 188 Å². The van der Waals surface area contributed by atoms with Crippen molar-refractivity contribution >= 4 is 21.8 Å². The molecule has 1 aliphatic rings. The van der Waals surface area contributed by atoms with Crippen LogP contribution in [0.2, 0.25) is 0 Å². The van der Waals surface area contributed by atoms with Crippen molar-refractivity contribution in [3.05, 3.63) is 200 Å². The molecule has 0 saturated carbocycles. The first kappa shape index (κ1) is 33.6. The van der Waals surface area contributed by atoms with E-state index in [1.807, 2.05) is 6.07 Å². The monoisotopic (exact) mass is 717 g/mol. The quantitative estimate of drug-likeness (QED) is 0.122. The topological polar surface area (TPSA) is 38.7 Å². The first-order valence-corrected chi connectivity index (χ1v) is 19.5. The van der Waals surface area contributed by atoms with Gasteiger partial charge in [0.25, 0.3) is 0 Å². The van der Waals surface area contributed by atoms with Crippen LogP contribution in [0.5, 0.6) is 0 Å². The summed E-state index contributed by atoms with van der Waals surface area (Å²) in [6.45, 7) is 0. The molecular weight excluding hydrogens is 679 g/mol. The standard InChI is InChI=1S/C53H39N3/c1-5-14-36(15-6-1)45-33-49(39-18-9-3-10-19-39)54-50(34-45)44-23-13-22-43(32-44)37-24-26-41(27-25-37)48-31-29-42-28-30-46-47(38-16-7-2-8-17-38)35-51(40-20-11-4-12-21-40)56-53(46)52(42)55-48/h1-11,13-19,22-35,40H,12,20-21H2. The maximum absolute atomic E-state index is 5.38. The summed E-state index contributed by atoms with van der Waals surface area (Å²) in [5.74, 6) is 0.408. The van der Waals surface area contributed by atoms with Gasteiger partial charge in [0.1, 0.15) is 0 Å². The molecule has 1 unspecified atom stereocenters. The molecule has 0 bridgehead atoms. The molecule has 0 aliphatic heterocycles. The zero-order valence-corrected chi connectivity index (χ0v) is 31.0. The van der Waals surface area contributed by atoms with Crippen molar-refractivity contribution in [3.63, 3.8) is 0 Å². The van der Waals surface area contributed by atoms with Crippen molar-refractivity contribution in [1.82, 2.24) is 15.0 Å². The van der Waals surface area contributed by atoms with Gasteiger partial charge in [-0.2, -0.15) is 0 Å². The Hall–Kier alpha value is -6.97. The van der Waals surface area contributed by atoms with Gasteiger partial charge in [0, 0.05) is 39.1 Å². The molecule has 56 heavy (non-hydrogen) atoms. The zero-order chi connectivity index (χ0) is 37.3. The van der Waals surface area contributed by atoms with E-state index in [4.69, 9.17) is 15.0 Å². The molecule has 266 valence electrons.